The van der Waals surface area contributed by atoms with Gasteiger partial charge >= 0.3 is 0 Å². The number of nitrogens with zero attached hydrogens (tertiary/aromatic N) is 1. The second kappa shape index (κ2) is 5.03. The van der Waals surface area contributed by atoms with Gasteiger partial charge in [0.05, 0.1) is 0 Å². The second-order valence-electron chi connectivity index (χ2n) is 2.05. The molecule has 8 heavy (non-hydrogen) atoms. The van der Waals surface area contributed by atoms with Gasteiger partial charge < -0.3 is 15.6 Å². The SMILES string of the molecule is CN(C)CCCN[O-]. The Balaban J connectivity index is 2.72. The van der Waals surface area contributed by atoms with Crippen molar-refractivity contribution in [1.29, 1.82) is 0 Å². The molecule has 0 aliphatic carbocycles. The van der Waals surface area contributed by atoms with E-state index in [0.29, 0.717) is 6.54 Å². The molecule has 0 fully saturated rings. The maximum absolute atomic E-state index is 9.64. The van der Waals surface area contributed by atoms with Gasteiger partial charge in [-0.05, 0) is 33.6 Å². The van der Waals surface area contributed by atoms with Crippen molar-refractivity contribution >= 4 is 0 Å². The lowest BCUT2D eigenvalue weighted by molar-refractivity contribution is 0.399. The van der Waals surface area contributed by atoms with E-state index in [0.717, 1.165) is 13.0 Å². The lowest BCUT2D eigenvalue weighted by Crippen LogP contribution is -2.17. The topological polar surface area (TPSA) is 38.3 Å². The van der Waals surface area contributed by atoms with E-state index in [1.54, 1.807) is 0 Å². The Labute approximate surface area is 50.3 Å². The zero-order chi connectivity index (χ0) is 6.41. The fourth-order valence-electron chi connectivity index (χ4n) is 0.467. The molecule has 0 unspecified atom stereocenters. The van der Waals surface area contributed by atoms with Crippen molar-refractivity contribution < 1.29 is 0 Å². The third kappa shape index (κ3) is 5.88. The third-order valence-electron chi connectivity index (χ3n) is 0.884. The summed E-state index contributed by atoms with van der Waals surface area (Å²) in [5, 5.41) is 9.64. The Morgan fingerprint density at radius 2 is 2.12 bits per heavy atom. The molecule has 0 aromatic rings. The van der Waals surface area contributed by atoms with Crippen molar-refractivity contribution in [2.75, 3.05) is 27.2 Å². The monoisotopic (exact) mass is 117 g/mol. The van der Waals surface area contributed by atoms with Gasteiger partial charge in [-0.1, -0.05) is 0 Å². The lowest BCUT2D eigenvalue weighted by Gasteiger charge is -2.10. The van der Waals surface area contributed by atoms with Crippen LogP contribution in [0.3, 0.4) is 0 Å². The van der Waals surface area contributed by atoms with Crippen LogP contribution in [-0.4, -0.2) is 32.1 Å². The normalized spacial score (nSPS) is 10.5. The summed E-state index contributed by atoms with van der Waals surface area (Å²) in [6.45, 7) is 1.55. The minimum absolute atomic E-state index is 0.568. The van der Waals surface area contributed by atoms with Gasteiger partial charge in [-0.25, -0.2) is 0 Å². The first kappa shape index (κ1) is 7.88. The molecule has 3 nitrogen and oxygen atoms in total. The molecule has 0 spiro atoms. The predicted octanol–water partition coefficient (Wildman–Crippen LogP) is 0.0255. The van der Waals surface area contributed by atoms with Crippen LogP contribution in [0.5, 0.6) is 0 Å². The average Bonchev–Trinajstić information content (AvgIpc) is 1.66. The average molecular weight is 117 g/mol. The molecular formula is C5H13N2O-. The Kier molecular flexibility index (Phi) is 4.95. The summed E-state index contributed by atoms with van der Waals surface area (Å²) >= 11 is 0. The van der Waals surface area contributed by atoms with Gasteiger partial charge in [-0.15, -0.1) is 0 Å². The van der Waals surface area contributed by atoms with E-state index in [1.165, 1.54) is 0 Å². The molecule has 0 aliphatic heterocycles. The first-order valence-electron chi connectivity index (χ1n) is 2.77. The summed E-state index contributed by atoms with van der Waals surface area (Å²) in [5.41, 5.74) is 1.85. The first-order valence-corrected chi connectivity index (χ1v) is 2.77. The van der Waals surface area contributed by atoms with Gasteiger partial charge in [0.15, 0.2) is 0 Å². The molecule has 0 aliphatic rings. The lowest BCUT2D eigenvalue weighted by atomic mass is 10.4. The van der Waals surface area contributed by atoms with Gasteiger partial charge in [0.25, 0.3) is 0 Å². The van der Waals surface area contributed by atoms with E-state index in [2.05, 4.69) is 4.90 Å². The van der Waals surface area contributed by atoms with Crippen LogP contribution in [0.2, 0.25) is 0 Å². The highest BCUT2D eigenvalue weighted by atomic mass is 16.5. The summed E-state index contributed by atoms with van der Waals surface area (Å²) in [6.07, 6.45) is 0.927. The van der Waals surface area contributed by atoms with Crippen molar-refractivity contribution in [3.8, 4) is 0 Å². The highest BCUT2D eigenvalue weighted by Gasteiger charge is 1.84. The quantitative estimate of drug-likeness (QED) is 0.417. The third-order valence-corrected chi connectivity index (χ3v) is 0.884. The minimum atomic E-state index is 0.568. The minimum Gasteiger partial charge on any atom is -0.788 e. The van der Waals surface area contributed by atoms with Crippen molar-refractivity contribution in [3.63, 3.8) is 0 Å². The molecule has 0 atom stereocenters. The second-order valence-corrected chi connectivity index (χ2v) is 2.05. The van der Waals surface area contributed by atoms with Crippen LogP contribution >= 0.6 is 0 Å². The highest BCUT2D eigenvalue weighted by molar-refractivity contribution is 4.47. The molecule has 0 heterocycles. The number of hydrogen-bond donors (Lipinski definition) is 1. The van der Waals surface area contributed by atoms with E-state index in [1.807, 2.05) is 19.6 Å². The van der Waals surface area contributed by atoms with Gasteiger partial charge in [-0.3, -0.25) is 0 Å². The molecule has 0 amide bonds. The van der Waals surface area contributed by atoms with E-state index in [4.69, 9.17) is 0 Å². The van der Waals surface area contributed by atoms with Crippen molar-refractivity contribution in [3.05, 3.63) is 5.21 Å². The Hall–Kier alpha value is -0.120. The molecule has 0 saturated heterocycles. The number of hydrogen-bond acceptors (Lipinski definition) is 3. The van der Waals surface area contributed by atoms with Gasteiger partial charge in [0.2, 0.25) is 0 Å². The summed E-state index contributed by atoms with van der Waals surface area (Å²) in [6, 6.07) is 0. The maximum atomic E-state index is 9.64. The van der Waals surface area contributed by atoms with Crippen LogP contribution in [0, 0.1) is 5.21 Å². The first-order chi connectivity index (χ1) is 3.77. The Bertz CT molecular complexity index is 47.7. The van der Waals surface area contributed by atoms with Crippen molar-refractivity contribution in [1.82, 2.24) is 10.4 Å². The highest BCUT2D eigenvalue weighted by Crippen LogP contribution is 1.78. The molecule has 0 bridgehead atoms. The van der Waals surface area contributed by atoms with Gasteiger partial charge in [-0.2, -0.15) is 0 Å². The van der Waals surface area contributed by atoms with Crippen LogP contribution in [-0.2, 0) is 0 Å². The van der Waals surface area contributed by atoms with E-state index < -0.39 is 0 Å². The molecule has 0 saturated carbocycles. The van der Waals surface area contributed by atoms with Crippen LogP contribution in [0.4, 0.5) is 0 Å². The molecule has 1 N–H and O–H groups in total. The smallest absolute Gasteiger partial charge is 0.00131 e. The van der Waals surface area contributed by atoms with E-state index in [-0.39, 0.29) is 0 Å². The van der Waals surface area contributed by atoms with Crippen molar-refractivity contribution in [2.45, 2.75) is 6.42 Å². The number of nitrogens with one attached hydrogen (secondary N) is 1. The molecular weight excluding hydrogens is 104 g/mol. The number of rotatable bonds is 4. The summed E-state index contributed by atoms with van der Waals surface area (Å²) in [7, 11) is 3.98. The summed E-state index contributed by atoms with van der Waals surface area (Å²) in [4.78, 5) is 2.05. The number of hydroxylamine groups is 1. The Morgan fingerprint density at radius 1 is 1.50 bits per heavy atom. The van der Waals surface area contributed by atoms with Gasteiger partial charge in [0.1, 0.15) is 0 Å². The van der Waals surface area contributed by atoms with Crippen LogP contribution in [0.1, 0.15) is 6.42 Å². The summed E-state index contributed by atoms with van der Waals surface area (Å²) < 4.78 is 0. The fraction of sp³-hybridized carbons (Fsp3) is 1.00. The molecule has 0 aromatic heterocycles. The Morgan fingerprint density at radius 3 is 2.50 bits per heavy atom. The predicted molar refractivity (Wildman–Crippen MR) is 34.5 cm³/mol. The zero-order valence-electron chi connectivity index (χ0n) is 5.48. The van der Waals surface area contributed by atoms with Crippen LogP contribution < -0.4 is 5.48 Å². The van der Waals surface area contributed by atoms with Gasteiger partial charge in [0, 0.05) is 0 Å². The van der Waals surface area contributed by atoms with Crippen LogP contribution in [0.25, 0.3) is 0 Å². The molecule has 3 heteroatoms. The van der Waals surface area contributed by atoms with E-state index in [9.17, 15) is 5.21 Å². The summed E-state index contributed by atoms with van der Waals surface area (Å²) in [5.74, 6) is 0. The van der Waals surface area contributed by atoms with E-state index >= 15 is 0 Å². The van der Waals surface area contributed by atoms with Crippen LogP contribution in [0.15, 0.2) is 0 Å². The standard InChI is InChI=1S/C5H13N2O/c1-7(2)5-3-4-6-8/h6H,3-5H2,1-2H3/q-1. The fourth-order valence-corrected chi connectivity index (χ4v) is 0.467. The molecule has 0 aromatic carbocycles. The molecule has 50 valence electrons. The molecule has 0 radical (unpaired) electrons. The zero-order valence-corrected chi connectivity index (χ0v) is 5.48. The van der Waals surface area contributed by atoms with Crippen molar-refractivity contribution in [2.24, 2.45) is 0 Å². The maximum Gasteiger partial charge on any atom is -0.00131 e. The largest absolute Gasteiger partial charge is 0.788 e. The molecule has 0 rings (SSSR count).